The van der Waals surface area contributed by atoms with E-state index in [0.29, 0.717) is 29.0 Å². The van der Waals surface area contributed by atoms with E-state index in [4.69, 9.17) is 11.6 Å². The van der Waals surface area contributed by atoms with E-state index in [9.17, 15) is 24.6 Å². The number of aromatic hydroxyl groups is 1. The molecule has 1 aliphatic carbocycles. The van der Waals surface area contributed by atoms with Gasteiger partial charge in [-0.15, -0.1) is 0 Å². The van der Waals surface area contributed by atoms with Gasteiger partial charge in [-0.25, -0.2) is 4.79 Å². The molecule has 0 saturated carbocycles. The smallest absolute Gasteiger partial charge is 0.319 e. The SMILES string of the molecule is Cc1cccc([C@H](CC(=O)O)NC(=O)Nc2c(O)c3c(n(Cc4ccccc4Cl)c2=O)CCC3)c1. The Kier molecular flexibility index (Phi) is 7.12. The van der Waals surface area contributed by atoms with Gasteiger partial charge in [0.2, 0.25) is 0 Å². The lowest BCUT2D eigenvalue weighted by Gasteiger charge is -2.20. The van der Waals surface area contributed by atoms with Crippen LogP contribution in [0.5, 0.6) is 5.75 Å². The van der Waals surface area contributed by atoms with E-state index in [1.54, 1.807) is 30.3 Å². The van der Waals surface area contributed by atoms with Crippen molar-refractivity contribution < 1.29 is 19.8 Å². The number of benzene rings is 2. The molecule has 0 fully saturated rings. The minimum Gasteiger partial charge on any atom is -0.505 e. The number of rotatable bonds is 7. The van der Waals surface area contributed by atoms with E-state index in [1.165, 1.54) is 4.57 Å². The third-order valence-electron chi connectivity index (χ3n) is 6.15. The summed E-state index contributed by atoms with van der Waals surface area (Å²) in [6.45, 7) is 2.06. The molecule has 182 valence electrons. The fourth-order valence-electron chi connectivity index (χ4n) is 4.49. The van der Waals surface area contributed by atoms with Crippen molar-refractivity contribution in [2.75, 3.05) is 5.32 Å². The molecule has 0 radical (unpaired) electrons. The molecule has 4 rings (SSSR count). The number of carbonyl (C=O) groups is 2. The van der Waals surface area contributed by atoms with Crippen LogP contribution in [-0.4, -0.2) is 26.8 Å². The maximum Gasteiger partial charge on any atom is 0.319 e. The molecule has 0 saturated heterocycles. The highest BCUT2D eigenvalue weighted by molar-refractivity contribution is 6.31. The normalized spacial score (nSPS) is 13.2. The second-order valence-corrected chi connectivity index (χ2v) is 9.06. The number of amides is 2. The molecule has 0 bridgehead atoms. The molecule has 0 spiro atoms. The predicted molar refractivity (Wildman–Crippen MR) is 133 cm³/mol. The molecule has 9 heteroatoms. The van der Waals surface area contributed by atoms with Gasteiger partial charge in [-0.1, -0.05) is 59.6 Å². The summed E-state index contributed by atoms with van der Waals surface area (Å²) in [7, 11) is 0. The van der Waals surface area contributed by atoms with Crippen molar-refractivity contribution in [1.29, 1.82) is 0 Å². The third kappa shape index (κ3) is 5.33. The minimum atomic E-state index is -1.08. The van der Waals surface area contributed by atoms with Gasteiger partial charge in [-0.05, 0) is 43.4 Å². The molecule has 4 N–H and O–H groups in total. The van der Waals surface area contributed by atoms with Crippen LogP contribution in [0.1, 0.15) is 46.8 Å². The summed E-state index contributed by atoms with van der Waals surface area (Å²) in [5, 5.41) is 25.8. The van der Waals surface area contributed by atoms with E-state index >= 15 is 0 Å². The van der Waals surface area contributed by atoms with E-state index in [-0.39, 0.29) is 24.4 Å². The number of carboxylic acids is 1. The van der Waals surface area contributed by atoms with Gasteiger partial charge in [-0.2, -0.15) is 0 Å². The van der Waals surface area contributed by atoms with Crippen LogP contribution in [0.3, 0.4) is 0 Å². The first-order valence-electron chi connectivity index (χ1n) is 11.3. The summed E-state index contributed by atoms with van der Waals surface area (Å²) in [5.41, 5.74) is 2.83. The molecule has 1 heterocycles. The first kappa shape index (κ1) is 24.3. The Hall–Kier alpha value is -3.78. The Labute approximate surface area is 207 Å². The Morgan fingerprint density at radius 2 is 1.91 bits per heavy atom. The maximum atomic E-state index is 13.4. The first-order chi connectivity index (χ1) is 16.7. The highest BCUT2D eigenvalue weighted by atomic mass is 35.5. The standard InChI is InChI=1S/C26H26ClN3O5/c1-15-6-4-8-16(12-15)20(13-22(31)32)28-26(35)29-23-24(33)18-9-5-11-21(18)30(25(23)34)14-17-7-2-3-10-19(17)27/h2-4,6-8,10,12,20,33H,5,9,11,13-14H2,1H3,(H,31,32)(H2,28,29,35)/t20-/m0/s1. The van der Waals surface area contributed by atoms with Crippen molar-refractivity contribution in [3.8, 4) is 5.75 Å². The number of halogens is 1. The second kappa shape index (κ2) is 10.2. The summed E-state index contributed by atoms with van der Waals surface area (Å²) in [5.74, 6) is -1.34. The molecular weight excluding hydrogens is 470 g/mol. The molecule has 3 aromatic rings. The number of pyridine rings is 1. The summed E-state index contributed by atoms with van der Waals surface area (Å²) in [6, 6.07) is 12.7. The van der Waals surface area contributed by atoms with Gasteiger partial charge in [0.15, 0.2) is 5.69 Å². The van der Waals surface area contributed by atoms with Gasteiger partial charge < -0.3 is 25.4 Å². The van der Waals surface area contributed by atoms with Crippen molar-refractivity contribution >= 4 is 29.3 Å². The number of aryl methyl sites for hydroxylation is 1. The van der Waals surface area contributed by atoms with Crippen molar-refractivity contribution in [1.82, 2.24) is 9.88 Å². The zero-order valence-corrected chi connectivity index (χ0v) is 19.9. The number of anilines is 1. The van der Waals surface area contributed by atoms with Crippen LogP contribution in [0.25, 0.3) is 0 Å². The zero-order valence-electron chi connectivity index (χ0n) is 19.2. The van der Waals surface area contributed by atoms with Gasteiger partial charge in [0.05, 0.1) is 19.0 Å². The Morgan fingerprint density at radius 1 is 1.14 bits per heavy atom. The molecule has 2 aromatic carbocycles. The Balaban J connectivity index is 1.65. The monoisotopic (exact) mass is 495 g/mol. The third-order valence-corrected chi connectivity index (χ3v) is 6.52. The van der Waals surface area contributed by atoms with Crippen molar-refractivity contribution in [2.45, 2.75) is 45.2 Å². The van der Waals surface area contributed by atoms with Crippen LogP contribution in [0.4, 0.5) is 10.5 Å². The van der Waals surface area contributed by atoms with Gasteiger partial charge in [-0.3, -0.25) is 9.59 Å². The van der Waals surface area contributed by atoms with Gasteiger partial charge >= 0.3 is 12.0 Å². The van der Waals surface area contributed by atoms with Crippen molar-refractivity contribution in [2.24, 2.45) is 0 Å². The fraction of sp³-hybridized carbons (Fsp3) is 0.269. The highest BCUT2D eigenvalue weighted by Crippen LogP contribution is 2.34. The van der Waals surface area contributed by atoms with E-state index in [0.717, 1.165) is 23.2 Å². The zero-order chi connectivity index (χ0) is 25.1. The number of nitrogens with zero attached hydrogens (tertiary/aromatic N) is 1. The van der Waals surface area contributed by atoms with Crippen molar-refractivity contribution in [3.05, 3.63) is 91.9 Å². The summed E-state index contributed by atoms with van der Waals surface area (Å²) < 4.78 is 1.54. The number of urea groups is 1. The highest BCUT2D eigenvalue weighted by Gasteiger charge is 2.27. The molecule has 8 nitrogen and oxygen atoms in total. The number of hydrogen-bond acceptors (Lipinski definition) is 4. The minimum absolute atomic E-state index is 0.197. The van der Waals surface area contributed by atoms with E-state index in [1.807, 2.05) is 25.1 Å². The summed E-state index contributed by atoms with van der Waals surface area (Å²) >= 11 is 6.31. The van der Waals surface area contributed by atoms with Gasteiger partial charge in [0.1, 0.15) is 5.75 Å². The molecule has 1 aromatic heterocycles. The summed E-state index contributed by atoms with van der Waals surface area (Å²) in [4.78, 5) is 37.7. The van der Waals surface area contributed by atoms with Crippen LogP contribution in [-0.2, 0) is 24.2 Å². The van der Waals surface area contributed by atoms with Crippen LogP contribution in [0.15, 0.2) is 53.3 Å². The van der Waals surface area contributed by atoms with Crippen LogP contribution in [0, 0.1) is 6.92 Å². The van der Waals surface area contributed by atoms with Crippen LogP contribution in [0.2, 0.25) is 5.02 Å². The quantitative estimate of drug-likeness (QED) is 0.387. The molecule has 0 aliphatic heterocycles. The topological polar surface area (TPSA) is 121 Å². The number of aliphatic carboxylic acids is 1. The van der Waals surface area contributed by atoms with Crippen LogP contribution >= 0.6 is 11.6 Å². The fourth-order valence-corrected chi connectivity index (χ4v) is 4.68. The molecule has 1 atom stereocenters. The van der Waals surface area contributed by atoms with Crippen LogP contribution < -0.4 is 16.2 Å². The second-order valence-electron chi connectivity index (χ2n) is 8.65. The predicted octanol–water partition coefficient (Wildman–Crippen LogP) is 4.39. The number of hydrogen-bond donors (Lipinski definition) is 4. The average molecular weight is 496 g/mol. The van der Waals surface area contributed by atoms with Gasteiger partial charge in [0.25, 0.3) is 5.56 Å². The first-order valence-corrected chi connectivity index (χ1v) is 11.7. The number of carboxylic acid groups (broad SMARTS) is 1. The maximum absolute atomic E-state index is 13.4. The van der Waals surface area contributed by atoms with E-state index in [2.05, 4.69) is 10.6 Å². The van der Waals surface area contributed by atoms with Gasteiger partial charge in [0, 0.05) is 16.3 Å². The molecule has 35 heavy (non-hydrogen) atoms. The lowest BCUT2D eigenvalue weighted by atomic mass is 10.0. The Morgan fingerprint density at radius 3 is 2.63 bits per heavy atom. The van der Waals surface area contributed by atoms with Crippen molar-refractivity contribution in [3.63, 3.8) is 0 Å². The average Bonchev–Trinajstić information content (AvgIpc) is 3.30. The number of carbonyl (C=O) groups excluding carboxylic acids is 1. The molecule has 0 unspecified atom stereocenters. The lowest BCUT2D eigenvalue weighted by Crippen LogP contribution is -2.37. The summed E-state index contributed by atoms with van der Waals surface area (Å²) in [6.07, 6.45) is 1.63. The molecule has 2 amide bonds. The Bertz CT molecular complexity index is 1350. The molecular formula is C26H26ClN3O5. The van der Waals surface area contributed by atoms with E-state index < -0.39 is 23.6 Å². The lowest BCUT2D eigenvalue weighted by molar-refractivity contribution is -0.137. The number of fused-ring (bicyclic) bond motifs is 1. The number of aromatic nitrogens is 1. The largest absolute Gasteiger partial charge is 0.505 e. The molecule has 1 aliphatic rings. The number of nitrogens with one attached hydrogen (secondary N) is 2.